The third kappa shape index (κ3) is 3.30. The molecule has 2 aromatic heterocycles. The Morgan fingerprint density at radius 1 is 1.29 bits per heavy atom. The van der Waals surface area contributed by atoms with Gasteiger partial charge in [0, 0.05) is 18.2 Å². The van der Waals surface area contributed by atoms with E-state index in [9.17, 15) is 4.79 Å². The maximum Gasteiger partial charge on any atom is 0.259 e. The van der Waals surface area contributed by atoms with Gasteiger partial charge in [0.1, 0.15) is 0 Å². The molecule has 0 atom stereocenters. The van der Waals surface area contributed by atoms with Crippen molar-refractivity contribution in [1.82, 2.24) is 15.5 Å². The zero-order valence-corrected chi connectivity index (χ0v) is 14.7. The van der Waals surface area contributed by atoms with Crippen LogP contribution in [0.5, 0.6) is 0 Å². The van der Waals surface area contributed by atoms with Crippen LogP contribution >= 0.6 is 0 Å². The number of amides is 1. The Bertz CT molecular complexity index is 780. The summed E-state index contributed by atoms with van der Waals surface area (Å²) in [5, 5.41) is 8.11. The minimum Gasteiger partial charge on any atom is -0.352 e. The van der Waals surface area contributed by atoms with E-state index in [4.69, 9.17) is 4.52 Å². The first-order chi connectivity index (χ1) is 11.4. The van der Waals surface area contributed by atoms with Gasteiger partial charge in [0.25, 0.3) is 11.6 Å². The van der Waals surface area contributed by atoms with Crippen LogP contribution < -0.4 is 5.32 Å². The molecule has 0 saturated heterocycles. The van der Waals surface area contributed by atoms with E-state index < -0.39 is 0 Å². The molecular weight excluding hydrogens is 302 g/mol. The number of rotatable bonds is 5. The van der Waals surface area contributed by atoms with Crippen molar-refractivity contribution in [2.45, 2.75) is 58.8 Å². The van der Waals surface area contributed by atoms with E-state index in [1.54, 1.807) is 0 Å². The Labute approximate surface area is 142 Å². The summed E-state index contributed by atoms with van der Waals surface area (Å²) >= 11 is 0. The minimum absolute atomic E-state index is 0.0189. The highest BCUT2D eigenvalue weighted by molar-refractivity contribution is 6.06. The van der Waals surface area contributed by atoms with Crippen LogP contribution in [0.25, 0.3) is 11.1 Å². The first kappa shape index (κ1) is 15.6. The fourth-order valence-corrected chi connectivity index (χ4v) is 3.07. The second kappa shape index (κ2) is 5.57. The van der Waals surface area contributed by atoms with Crippen LogP contribution in [0, 0.1) is 11.3 Å². The van der Waals surface area contributed by atoms with Gasteiger partial charge in [-0.1, -0.05) is 25.9 Å². The van der Waals surface area contributed by atoms with Crippen molar-refractivity contribution in [3.05, 3.63) is 23.0 Å². The lowest BCUT2D eigenvalue weighted by molar-refractivity contribution is 0.0953. The first-order valence-electron chi connectivity index (χ1n) is 8.98. The number of pyridine rings is 1. The van der Waals surface area contributed by atoms with Gasteiger partial charge >= 0.3 is 0 Å². The zero-order chi connectivity index (χ0) is 16.9. The van der Waals surface area contributed by atoms with E-state index in [0.29, 0.717) is 23.1 Å². The van der Waals surface area contributed by atoms with Crippen molar-refractivity contribution in [2.24, 2.45) is 11.3 Å². The van der Waals surface area contributed by atoms with Crippen molar-refractivity contribution in [3.8, 4) is 0 Å². The van der Waals surface area contributed by atoms with E-state index in [1.165, 1.54) is 12.8 Å². The Balaban J connectivity index is 1.74. The molecule has 0 radical (unpaired) electrons. The van der Waals surface area contributed by atoms with Crippen molar-refractivity contribution < 1.29 is 9.32 Å². The second-order valence-electron chi connectivity index (χ2n) is 8.57. The first-order valence-corrected chi connectivity index (χ1v) is 8.98. The maximum absolute atomic E-state index is 12.8. The van der Waals surface area contributed by atoms with E-state index in [-0.39, 0.29) is 11.3 Å². The molecule has 0 aromatic carbocycles. The number of hydrogen-bond donors (Lipinski definition) is 1. The molecule has 4 rings (SSSR count). The molecule has 2 fully saturated rings. The summed E-state index contributed by atoms with van der Waals surface area (Å²) in [5.41, 5.74) is 3.07. The van der Waals surface area contributed by atoms with Crippen molar-refractivity contribution in [1.29, 1.82) is 0 Å². The lowest BCUT2D eigenvalue weighted by Crippen LogP contribution is -2.26. The Hall–Kier alpha value is -1.91. The summed E-state index contributed by atoms with van der Waals surface area (Å²) in [6.45, 7) is 7.24. The van der Waals surface area contributed by atoms with Gasteiger partial charge < -0.3 is 9.84 Å². The van der Waals surface area contributed by atoms with Crippen LogP contribution in [0.2, 0.25) is 0 Å². The highest BCUT2D eigenvalue weighted by Crippen LogP contribution is 2.41. The molecule has 2 heterocycles. The summed E-state index contributed by atoms with van der Waals surface area (Å²) in [5.74, 6) is 1.11. The number of nitrogens with one attached hydrogen (secondary N) is 1. The predicted molar refractivity (Wildman–Crippen MR) is 92.0 cm³/mol. The third-order valence-electron chi connectivity index (χ3n) is 4.72. The fourth-order valence-electron chi connectivity index (χ4n) is 3.07. The number of hydrogen-bond acceptors (Lipinski definition) is 4. The molecule has 2 aliphatic rings. The molecule has 2 aliphatic carbocycles. The molecule has 5 heteroatoms. The Morgan fingerprint density at radius 2 is 2.04 bits per heavy atom. The lowest BCUT2D eigenvalue weighted by atomic mass is 9.89. The van der Waals surface area contributed by atoms with Gasteiger partial charge in [0.05, 0.1) is 16.6 Å². The number of aromatic nitrogens is 2. The van der Waals surface area contributed by atoms with Gasteiger partial charge in [-0.2, -0.15) is 0 Å². The quantitative estimate of drug-likeness (QED) is 0.906. The van der Waals surface area contributed by atoms with Crippen molar-refractivity contribution in [2.75, 3.05) is 6.54 Å². The molecule has 128 valence electrons. The molecule has 24 heavy (non-hydrogen) atoms. The van der Waals surface area contributed by atoms with E-state index in [1.807, 2.05) is 6.07 Å². The van der Waals surface area contributed by atoms with Gasteiger partial charge in [0.2, 0.25) is 0 Å². The summed E-state index contributed by atoms with van der Waals surface area (Å²) in [6, 6.07) is 1.96. The largest absolute Gasteiger partial charge is 0.352 e. The van der Waals surface area contributed by atoms with E-state index >= 15 is 0 Å². The maximum atomic E-state index is 12.8. The van der Waals surface area contributed by atoms with Gasteiger partial charge in [-0.15, -0.1) is 0 Å². The van der Waals surface area contributed by atoms with E-state index in [0.717, 1.165) is 42.6 Å². The van der Waals surface area contributed by atoms with Crippen LogP contribution in [0.4, 0.5) is 0 Å². The van der Waals surface area contributed by atoms with E-state index in [2.05, 4.69) is 36.2 Å². The molecule has 0 bridgehead atoms. The molecule has 5 nitrogen and oxygen atoms in total. The van der Waals surface area contributed by atoms with Gasteiger partial charge in [0.15, 0.2) is 0 Å². The van der Waals surface area contributed by atoms with Crippen LogP contribution in [0.15, 0.2) is 10.6 Å². The Kier molecular flexibility index (Phi) is 3.62. The molecular formula is C19H25N3O2. The number of carbonyl (C=O) groups excluding carboxylic acids is 1. The van der Waals surface area contributed by atoms with Gasteiger partial charge in [-0.3, -0.25) is 4.79 Å². The average molecular weight is 327 g/mol. The second-order valence-corrected chi connectivity index (χ2v) is 8.57. The minimum atomic E-state index is -0.0189. The molecule has 0 aliphatic heterocycles. The predicted octanol–water partition coefficient (Wildman–Crippen LogP) is 3.83. The SMILES string of the molecule is CC(C)(C)Cc1noc2nc(C3CC3)cc(C(=O)NCC3CC3)c12. The van der Waals surface area contributed by atoms with Gasteiger partial charge in [-0.05, 0) is 49.5 Å². The summed E-state index contributed by atoms with van der Waals surface area (Å²) in [6.07, 6.45) is 5.49. The fraction of sp³-hybridized carbons (Fsp3) is 0.632. The summed E-state index contributed by atoms with van der Waals surface area (Å²) < 4.78 is 5.50. The molecule has 1 amide bonds. The van der Waals surface area contributed by atoms with Crippen LogP contribution in [-0.4, -0.2) is 22.6 Å². The zero-order valence-electron chi connectivity index (χ0n) is 14.7. The smallest absolute Gasteiger partial charge is 0.259 e. The molecule has 2 aromatic rings. The molecule has 1 N–H and O–H groups in total. The summed E-state index contributed by atoms with van der Waals surface area (Å²) in [7, 11) is 0. The average Bonchev–Trinajstić information content (AvgIpc) is 3.42. The highest BCUT2D eigenvalue weighted by atomic mass is 16.5. The molecule has 0 unspecified atom stereocenters. The topological polar surface area (TPSA) is 68.0 Å². The molecule has 2 saturated carbocycles. The normalized spacial score (nSPS) is 18.1. The molecule has 0 spiro atoms. The number of fused-ring (bicyclic) bond motifs is 1. The number of carbonyl (C=O) groups is 1. The monoisotopic (exact) mass is 327 g/mol. The standard InChI is InChI=1S/C19H25N3O2/c1-19(2,3)9-15-16-13(17(23)20-10-11-4-5-11)8-14(12-6-7-12)21-18(16)24-22-15/h8,11-12H,4-7,9-10H2,1-3H3,(H,20,23). The third-order valence-corrected chi connectivity index (χ3v) is 4.72. The Morgan fingerprint density at radius 3 is 2.67 bits per heavy atom. The van der Waals surface area contributed by atoms with Crippen LogP contribution in [0.1, 0.15) is 74.1 Å². The van der Waals surface area contributed by atoms with Crippen LogP contribution in [-0.2, 0) is 6.42 Å². The van der Waals surface area contributed by atoms with Gasteiger partial charge in [-0.25, -0.2) is 4.98 Å². The lowest BCUT2D eigenvalue weighted by Gasteiger charge is -2.16. The number of nitrogens with zero attached hydrogens (tertiary/aromatic N) is 2. The van der Waals surface area contributed by atoms with Crippen molar-refractivity contribution in [3.63, 3.8) is 0 Å². The summed E-state index contributed by atoms with van der Waals surface area (Å²) in [4.78, 5) is 17.4. The van der Waals surface area contributed by atoms with Crippen molar-refractivity contribution >= 4 is 17.0 Å². The van der Waals surface area contributed by atoms with Crippen LogP contribution in [0.3, 0.4) is 0 Å². The highest BCUT2D eigenvalue weighted by Gasteiger charge is 2.30.